The fourth-order valence-electron chi connectivity index (χ4n) is 0.247. The molecule has 0 saturated carbocycles. The molecule has 0 amide bonds. The van der Waals surface area contributed by atoms with E-state index >= 15 is 0 Å². The van der Waals surface area contributed by atoms with Crippen LogP contribution in [-0.2, 0) is 0 Å². The van der Waals surface area contributed by atoms with Crippen molar-refractivity contribution >= 4 is 11.9 Å². The fourth-order valence-corrected chi connectivity index (χ4v) is 0.247. The maximum atomic E-state index is 6.99. The molecule has 0 aromatic rings. The molecule has 0 aromatic heterocycles. The molecule has 0 saturated heterocycles. The molecule has 40 valence electrons. The molecule has 0 spiro atoms. The summed E-state index contributed by atoms with van der Waals surface area (Å²) in [4.78, 5) is 3.66. The minimum atomic E-state index is 0.586. The van der Waals surface area contributed by atoms with Gasteiger partial charge in [0.1, 0.15) is 0 Å². The van der Waals surface area contributed by atoms with Crippen molar-refractivity contribution < 1.29 is 0 Å². The minimum absolute atomic E-state index is 0.586. The van der Waals surface area contributed by atoms with E-state index in [1.54, 1.807) is 13.3 Å². The Hall–Kier alpha value is -0.660. The van der Waals surface area contributed by atoms with E-state index in [4.69, 9.17) is 5.41 Å². The van der Waals surface area contributed by atoms with Crippen molar-refractivity contribution in [3.05, 3.63) is 0 Å². The molecule has 1 N–H and O–H groups in total. The Kier molecular flexibility index (Phi) is 3.19. The van der Waals surface area contributed by atoms with E-state index in [2.05, 4.69) is 4.99 Å². The van der Waals surface area contributed by atoms with Gasteiger partial charge in [-0.25, -0.2) is 0 Å². The summed E-state index contributed by atoms with van der Waals surface area (Å²) in [6.45, 7) is 1.93. The highest BCUT2D eigenvalue weighted by Gasteiger charge is 1.79. The number of hydrogen-bond acceptors (Lipinski definition) is 2. The zero-order chi connectivity index (χ0) is 5.70. The van der Waals surface area contributed by atoms with E-state index in [-0.39, 0.29) is 0 Å². The molecule has 0 radical (unpaired) electrons. The van der Waals surface area contributed by atoms with Gasteiger partial charge in [-0.3, -0.25) is 4.99 Å². The van der Waals surface area contributed by atoms with Crippen molar-refractivity contribution in [2.45, 2.75) is 13.3 Å². The highest BCUT2D eigenvalue weighted by atomic mass is 14.6. The van der Waals surface area contributed by atoms with Gasteiger partial charge in [-0.05, 0) is 6.42 Å². The molecule has 0 aromatic carbocycles. The van der Waals surface area contributed by atoms with Crippen molar-refractivity contribution in [2.24, 2.45) is 4.99 Å². The van der Waals surface area contributed by atoms with Crippen molar-refractivity contribution in [2.75, 3.05) is 7.05 Å². The first-order valence-electron chi connectivity index (χ1n) is 2.30. The summed E-state index contributed by atoms with van der Waals surface area (Å²) in [6.07, 6.45) is 2.33. The smallest absolute Gasteiger partial charge is 0.0489 e. The van der Waals surface area contributed by atoms with Crippen LogP contribution in [0.2, 0.25) is 0 Å². The van der Waals surface area contributed by atoms with Gasteiger partial charge in [0.2, 0.25) is 0 Å². The lowest BCUT2D eigenvalue weighted by Crippen LogP contribution is -1.92. The Morgan fingerprint density at radius 1 is 1.86 bits per heavy atom. The molecular weight excluding hydrogens is 88.1 g/mol. The maximum absolute atomic E-state index is 6.99. The molecule has 0 bridgehead atoms. The van der Waals surface area contributed by atoms with E-state index in [0.717, 1.165) is 6.42 Å². The average molecular weight is 98.1 g/mol. The molecule has 0 fully saturated rings. The molecule has 0 heterocycles. The molecule has 0 aliphatic heterocycles. The molecule has 0 unspecified atom stereocenters. The fraction of sp³-hybridized carbons (Fsp3) is 0.600. The van der Waals surface area contributed by atoms with Gasteiger partial charge in [-0.2, -0.15) is 0 Å². The largest absolute Gasteiger partial charge is 0.304 e. The van der Waals surface area contributed by atoms with Gasteiger partial charge in [0.15, 0.2) is 0 Å². The molecule has 2 nitrogen and oxygen atoms in total. The Morgan fingerprint density at radius 3 is 2.57 bits per heavy atom. The zero-order valence-electron chi connectivity index (χ0n) is 4.73. The van der Waals surface area contributed by atoms with Gasteiger partial charge in [-0.1, -0.05) is 6.92 Å². The molecule has 0 aliphatic rings. The van der Waals surface area contributed by atoms with Crippen LogP contribution in [-0.4, -0.2) is 19.0 Å². The topological polar surface area (TPSA) is 36.2 Å². The summed E-state index contributed by atoms with van der Waals surface area (Å²) >= 11 is 0. The van der Waals surface area contributed by atoms with Gasteiger partial charge >= 0.3 is 0 Å². The summed E-state index contributed by atoms with van der Waals surface area (Å²) in [5.41, 5.74) is 0.586. The normalized spacial score (nSPS) is 10.0. The van der Waals surface area contributed by atoms with Crippen LogP contribution in [0.25, 0.3) is 0 Å². The second-order valence-electron chi connectivity index (χ2n) is 1.27. The lowest BCUT2D eigenvalue weighted by molar-refractivity contribution is 1.27. The first-order valence-corrected chi connectivity index (χ1v) is 2.30. The standard InChI is InChI=1S/C5H10N2/c1-3-5(6)4-7-2/h4,6H,3H2,1-2H3/b6-5?,7-4-. The Morgan fingerprint density at radius 2 is 2.43 bits per heavy atom. The lowest BCUT2D eigenvalue weighted by Gasteiger charge is -1.82. The molecule has 0 aliphatic carbocycles. The third-order valence-corrected chi connectivity index (χ3v) is 0.666. The van der Waals surface area contributed by atoms with E-state index in [9.17, 15) is 0 Å². The number of rotatable bonds is 2. The molecule has 0 rings (SSSR count). The van der Waals surface area contributed by atoms with Gasteiger partial charge in [0, 0.05) is 19.0 Å². The van der Waals surface area contributed by atoms with E-state index in [0.29, 0.717) is 5.71 Å². The second kappa shape index (κ2) is 3.53. The predicted molar refractivity (Wildman–Crippen MR) is 32.4 cm³/mol. The highest BCUT2D eigenvalue weighted by Crippen LogP contribution is 1.73. The summed E-state index contributed by atoms with van der Waals surface area (Å²) < 4.78 is 0. The first kappa shape index (κ1) is 6.34. The first-order chi connectivity index (χ1) is 3.31. The van der Waals surface area contributed by atoms with Gasteiger partial charge in [0.05, 0.1) is 0 Å². The second-order valence-corrected chi connectivity index (χ2v) is 1.27. The molecule has 2 heteroatoms. The average Bonchev–Trinajstić information content (AvgIpc) is 1.68. The summed E-state index contributed by atoms with van der Waals surface area (Å²) in [7, 11) is 1.67. The quantitative estimate of drug-likeness (QED) is 0.502. The van der Waals surface area contributed by atoms with Crippen LogP contribution in [0.5, 0.6) is 0 Å². The Balaban J connectivity index is 3.37. The summed E-state index contributed by atoms with van der Waals surface area (Å²) in [5, 5.41) is 6.99. The Labute approximate surface area is 43.8 Å². The Bertz CT molecular complexity index is 84.1. The minimum Gasteiger partial charge on any atom is -0.304 e. The van der Waals surface area contributed by atoms with Crippen molar-refractivity contribution in [1.29, 1.82) is 5.41 Å². The van der Waals surface area contributed by atoms with Crippen LogP contribution >= 0.6 is 0 Å². The van der Waals surface area contributed by atoms with Gasteiger partial charge in [-0.15, -0.1) is 0 Å². The van der Waals surface area contributed by atoms with Gasteiger partial charge < -0.3 is 5.41 Å². The SMILES string of the molecule is CCC(=N)/C=N\C. The number of nitrogens with one attached hydrogen (secondary N) is 1. The lowest BCUT2D eigenvalue weighted by atomic mass is 10.3. The highest BCUT2D eigenvalue weighted by molar-refractivity contribution is 6.28. The van der Waals surface area contributed by atoms with Crippen LogP contribution in [0.15, 0.2) is 4.99 Å². The zero-order valence-corrected chi connectivity index (χ0v) is 4.73. The van der Waals surface area contributed by atoms with Crippen molar-refractivity contribution in [1.82, 2.24) is 0 Å². The van der Waals surface area contributed by atoms with Crippen molar-refractivity contribution in [3.8, 4) is 0 Å². The maximum Gasteiger partial charge on any atom is 0.0489 e. The van der Waals surface area contributed by atoms with E-state index in [1.807, 2.05) is 6.92 Å². The van der Waals surface area contributed by atoms with Gasteiger partial charge in [0.25, 0.3) is 0 Å². The monoisotopic (exact) mass is 98.1 g/mol. The van der Waals surface area contributed by atoms with Crippen LogP contribution in [0, 0.1) is 5.41 Å². The van der Waals surface area contributed by atoms with Crippen LogP contribution in [0.4, 0.5) is 0 Å². The molecule has 7 heavy (non-hydrogen) atoms. The van der Waals surface area contributed by atoms with Crippen LogP contribution < -0.4 is 0 Å². The number of hydrogen-bond donors (Lipinski definition) is 1. The molecular formula is C5H10N2. The third kappa shape index (κ3) is 3.16. The predicted octanol–water partition coefficient (Wildman–Crippen LogP) is 1.12. The molecule has 0 atom stereocenters. The number of aliphatic imine (C=N–C) groups is 1. The van der Waals surface area contributed by atoms with Crippen LogP contribution in [0.3, 0.4) is 0 Å². The van der Waals surface area contributed by atoms with E-state index < -0.39 is 0 Å². The van der Waals surface area contributed by atoms with E-state index in [1.165, 1.54) is 0 Å². The number of nitrogens with zero attached hydrogens (tertiary/aromatic N) is 1. The van der Waals surface area contributed by atoms with Crippen molar-refractivity contribution in [3.63, 3.8) is 0 Å². The summed E-state index contributed by atoms with van der Waals surface area (Å²) in [5.74, 6) is 0. The third-order valence-electron chi connectivity index (χ3n) is 0.666. The van der Waals surface area contributed by atoms with Crippen LogP contribution in [0.1, 0.15) is 13.3 Å². The summed E-state index contributed by atoms with van der Waals surface area (Å²) in [6, 6.07) is 0.